The molecule has 0 aliphatic carbocycles. The first-order valence-electron chi connectivity index (χ1n) is 10.1. The van der Waals surface area contributed by atoms with Crippen LogP contribution in [0, 0.1) is 0 Å². The first-order chi connectivity index (χ1) is 14.1. The van der Waals surface area contributed by atoms with E-state index in [9.17, 15) is 4.79 Å². The molecule has 30 heavy (non-hydrogen) atoms. The van der Waals surface area contributed by atoms with Crippen LogP contribution in [0.25, 0.3) is 0 Å². The Labute approximate surface area is 177 Å². The molecule has 158 valence electrons. The third-order valence-corrected chi connectivity index (χ3v) is 5.39. The van der Waals surface area contributed by atoms with Gasteiger partial charge in [0.25, 0.3) is 5.91 Å². The van der Waals surface area contributed by atoms with Crippen molar-refractivity contribution < 1.29 is 19.0 Å². The Kier molecular flexibility index (Phi) is 4.76. The highest BCUT2D eigenvalue weighted by molar-refractivity contribution is 6.16. The van der Waals surface area contributed by atoms with Crippen LogP contribution in [0.2, 0.25) is 0 Å². The Morgan fingerprint density at radius 3 is 2.67 bits per heavy atom. The van der Waals surface area contributed by atoms with E-state index in [1.165, 1.54) is 5.56 Å². The molecule has 0 saturated carbocycles. The number of amides is 1. The smallest absolute Gasteiger partial charge is 0.255 e. The molecule has 2 heterocycles. The normalized spacial score (nSPS) is 18.0. The molecule has 0 unspecified atom stereocenters. The molecule has 0 aromatic heterocycles. The van der Waals surface area contributed by atoms with Crippen molar-refractivity contribution in [3.05, 3.63) is 52.6 Å². The van der Waals surface area contributed by atoms with Crippen LogP contribution in [0.4, 0.5) is 0 Å². The lowest BCUT2D eigenvalue weighted by Gasteiger charge is -2.31. The second kappa shape index (κ2) is 7.04. The van der Waals surface area contributed by atoms with Crippen molar-refractivity contribution in [2.45, 2.75) is 51.7 Å². The maximum atomic E-state index is 11.1. The summed E-state index contributed by atoms with van der Waals surface area (Å²) in [5, 5.41) is 0. The van der Waals surface area contributed by atoms with Gasteiger partial charge in [-0.1, -0.05) is 12.1 Å². The van der Waals surface area contributed by atoms with Gasteiger partial charge in [-0.05, 0) is 57.9 Å². The van der Waals surface area contributed by atoms with E-state index in [0.717, 1.165) is 46.7 Å². The number of carbonyl (C=O) groups is 1. The molecular formula is C24H28N2O4. The zero-order valence-corrected chi connectivity index (χ0v) is 18.2. The lowest BCUT2D eigenvalue weighted by atomic mass is 9.81. The van der Waals surface area contributed by atoms with E-state index in [2.05, 4.69) is 33.8 Å². The van der Waals surface area contributed by atoms with Crippen LogP contribution in [0.15, 0.2) is 35.3 Å². The van der Waals surface area contributed by atoms with Gasteiger partial charge in [0.05, 0.1) is 18.4 Å². The van der Waals surface area contributed by atoms with Crippen molar-refractivity contribution in [3.8, 4) is 17.2 Å². The average Bonchev–Trinajstić information content (AvgIpc) is 2.99. The number of rotatable bonds is 5. The summed E-state index contributed by atoms with van der Waals surface area (Å²) in [6.07, 6.45) is 1.59. The molecular weight excluding hydrogens is 380 g/mol. The molecule has 6 heteroatoms. The number of nitrogens with zero attached hydrogens (tertiary/aromatic N) is 1. The lowest BCUT2D eigenvalue weighted by molar-refractivity contribution is -0.119. The Balaban J connectivity index is 1.87. The topological polar surface area (TPSA) is 83.1 Å². The molecule has 2 aliphatic heterocycles. The van der Waals surface area contributed by atoms with Crippen molar-refractivity contribution in [2.75, 3.05) is 13.7 Å². The maximum absolute atomic E-state index is 11.1. The number of carbonyl (C=O) groups excluding carboxylic acids is 1. The molecule has 0 bridgehead atoms. The monoisotopic (exact) mass is 408 g/mol. The van der Waals surface area contributed by atoms with Gasteiger partial charge in [-0.2, -0.15) is 0 Å². The summed E-state index contributed by atoms with van der Waals surface area (Å²) in [6, 6.07) is 9.72. The molecule has 0 saturated heterocycles. The van der Waals surface area contributed by atoms with E-state index in [1.807, 2.05) is 24.3 Å². The number of methoxy groups -OCH3 is 1. The third kappa shape index (κ3) is 3.74. The van der Waals surface area contributed by atoms with Crippen LogP contribution in [0.3, 0.4) is 0 Å². The molecule has 0 fully saturated rings. The second-order valence-corrected chi connectivity index (χ2v) is 9.19. The van der Waals surface area contributed by atoms with Crippen LogP contribution >= 0.6 is 0 Å². The highest BCUT2D eigenvalue weighted by Crippen LogP contribution is 2.47. The van der Waals surface area contributed by atoms with Crippen LogP contribution in [0.5, 0.6) is 17.2 Å². The maximum Gasteiger partial charge on any atom is 0.255 e. The van der Waals surface area contributed by atoms with Gasteiger partial charge in [-0.25, -0.2) is 0 Å². The molecule has 2 aromatic carbocycles. The van der Waals surface area contributed by atoms with Gasteiger partial charge in [-0.3, -0.25) is 9.79 Å². The number of hydrogen-bond donors (Lipinski definition) is 1. The Hall–Kier alpha value is -3.02. The number of primary amides is 1. The van der Waals surface area contributed by atoms with Crippen molar-refractivity contribution in [2.24, 2.45) is 10.7 Å². The van der Waals surface area contributed by atoms with E-state index in [4.69, 9.17) is 24.9 Å². The lowest BCUT2D eigenvalue weighted by Crippen LogP contribution is -2.30. The number of nitrogens with two attached hydrogens (primary N) is 1. The largest absolute Gasteiger partial charge is 0.493 e. The molecule has 0 spiro atoms. The van der Waals surface area contributed by atoms with Gasteiger partial charge in [0.15, 0.2) is 18.1 Å². The fraction of sp³-hybridized carbons (Fsp3) is 0.417. The minimum Gasteiger partial charge on any atom is -0.493 e. The number of hydrogen-bond acceptors (Lipinski definition) is 5. The van der Waals surface area contributed by atoms with Crippen molar-refractivity contribution >= 4 is 11.6 Å². The quantitative estimate of drug-likeness (QED) is 0.821. The summed E-state index contributed by atoms with van der Waals surface area (Å²) in [7, 11) is 1.68. The van der Waals surface area contributed by atoms with E-state index < -0.39 is 5.91 Å². The average molecular weight is 408 g/mol. The summed E-state index contributed by atoms with van der Waals surface area (Å²) < 4.78 is 17.4. The molecule has 2 aliphatic rings. The highest BCUT2D eigenvalue weighted by Gasteiger charge is 2.39. The fourth-order valence-corrected chi connectivity index (χ4v) is 4.32. The number of fused-ring (bicyclic) bond motifs is 3. The van der Waals surface area contributed by atoms with Gasteiger partial charge < -0.3 is 19.9 Å². The Morgan fingerprint density at radius 2 is 1.97 bits per heavy atom. The van der Waals surface area contributed by atoms with Crippen molar-refractivity contribution in [1.29, 1.82) is 0 Å². The molecule has 1 amide bonds. The molecule has 0 atom stereocenters. The zero-order chi connectivity index (χ0) is 21.7. The molecule has 2 aromatic rings. The van der Waals surface area contributed by atoms with Crippen LogP contribution in [-0.2, 0) is 17.6 Å². The first kappa shape index (κ1) is 20.3. The van der Waals surface area contributed by atoms with E-state index in [0.29, 0.717) is 5.75 Å². The SMILES string of the molecule is COc1cc2c(c3c1OC(C)(C)C3)C(c1cccc(OCC(N)=O)c1)=NC(C)(C)C2. The van der Waals surface area contributed by atoms with Crippen LogP contribution in [-0.4, -0.2) is 36.5 Å². The third-order valence-electron chi connectivity index (χ3n) is 5.39. The predicted octanol–water partition coefficient (Wildman–Crippen LogP) is 3.44. The molecule has 0 radical (unpaired) electrons. The summed E-state index contributed by atoms with van der Waals surface area (Å²) in [5.74, 6) is 1.64. The van der Waals surface area contributed by atoms with E-state index in [1.54, 1.807) is 7.11 Å². The van der Waals surface area contributed by atoms with Crippen molar-refractivity contribution in [1.82, 2.24) is 0 Å². The minimum atomic E-state index is -0.508. The Morgan fingerprint density at radius 1 is 1.20 bits per heavy atom. The Bertz CT molecular complexity index is 1050. The number of ether oxygens (including phenoxy) is 3. The van der Waals surface area contributed by atoms with E-state index in [-0.39, 0.29) is 17.7 Å². The highest BCUT2D eigenvalue weighted by atomic mass is 16.5. The summed E-state index contributed by atoms with van der Waals surface area (Å²) in [5.41, 5.74) is 9.93. The fourth-order valence-electron chi connectivity index (χ4n) is 4.32. The summed E-state index contributed by atoms with van der Waals surface area (Å²) in [4.78, 5) is 16.2. The van der Waals surface area contributed by atoms with Crippen LogP contribution in [0.1, 0.15) is 49.9 Å². The number of benzene rings is 2. The van der Waals surface area contributed by atoms with Gasteiger partial charge >= 0.3 is 0 Å². The van der Waals surface area contributed by atoms with Gasteiger partial charge in [0.1, 0.15) is 11.4 Å². The van der Waals surface area contributed by atoms with E-state index >= 15 is 0 Å². The molecule has 4 rings (SSSR count). The van der Waals surface area contributed by atoms with Crippen LogP contribution < -0.4 is 19.9 Å². The number of aliphatic imine (C=N–C) groups is 1. The molecule has 6 nitrogen and oxygen atoms in total. The van der Waals surface area contributed by atoms with Gasteiger partial charge in [0, 0.05) is 23.1 Å². The predicted molar refractivity (Wildman–Crippen MR) is 116 cm³/mol. The summed E-state index contributed by atoms with van der Waals surface area (Å²) in [6.45, 7) is 8.26. The van der Waals surface area contributed by atoms with Gasteiger partial charge in [-0.15, -0.1) is 0 Å². The van der Waals surface area contributed by atoms with Crippen molar-refractivity contribution in [3.63, 3.8) is 0 Å². The standard InChI is InChI=1S/C24H28N2O4/c1-23(2)11-15-10-18(28-5)22-17(12-24(3,4)30-22)20(15)21(26-23)14-7-6-8-16(9-14)29-13-19(25)27/h6-10H,11-13H2,1-5H3,(H2,25,27). The summed E-state index contributed by atoms with van der Waals surface area (Å²) >= 11 is 0. The first-order valence-corrected chi connectivity index (χ1v) is 10.1. The second-order valence-electron chi connectivity index (χ2n) is 9.19. The minimum absolute atomic E-state index is 0.160. The zero-order valence-electron chi connectivity index (χ0n) is 18.2. The molecule has 2 N–H and O–H groups in total. The van der Waals surface area contributed by atoms with Gasteiger partial charge in [0.2, 0.25) is 0 Å².